The fourth-order valence-electron chi connectivity index (χ4n) is 1.32. The van der Waals surface area contributed by atoms with Crippen LogP contribution in [0.1, 0.15) is 12.5 Å². The number of halogens is 1. The minimum Gasteiger partial charge on any atom is -0.356 e. The molecule has 3 nitrogen and oxygen atoms in total. The molecule has 0 amide bonds. The van der Waals surface area contributed by atoms with Gasteiger partial charge in [-0.1, -0.05) is 23.8 Å². The highest BCUT2D eigenvalue weighted by molar-refractivity contribution is 6.31. The average Bonchev–Trinajstić information content (AvgIpc) is 2.17. The molecule has 1 heterocycles. The van der Waals surface area contributed by atoms with Crippen LogP contribution in [0.25, 0.3) is 0 Å². The van der Waals surface area contributed by atoms with Crippen LogP contribution in [0.4, 0.5) is 5.82 Å². The molecule has 0 fully saturated rings. The summed E-state index contributed by atoms with van der Waals surface area (Å²) >= 11 is 5.93. The van der Waals surface area contributed by atoms with Gasteiger partial charge in [0, 0.05) is 26.3 Å². The zero-order valence-corrected chi connectivity index (χ0v) is 9.88. The maximum Gasteiger partial charge on any atom is 0.128 e. The number of aromatic nitrogens is 1. The molecule has 0 spiro atoms. The van der Waals surface area contributed by atoms with Gasteiger partial charge in [-0.25, -0.2) is 4.98 Å². The van der Waals surface area contributed by atoms with E-state index in [0.717, 1.165) is 23.5 Å². The van der Waals surface area contributed by atoms with Crippen LogP contribution in [0.15, 0.2) is 24.4 Å². The van der Waals surface area contributed by atoms with Gasteiger partial charge in [0.2, 0.25) is 0 Å². The van der Waals surface area contributed by atoms with E-state index >= 15 is 0 Å². The van der Waals surface area contributed by atoms with Crippen LogP contribution in [0.3, 0.4) is 0 Å². The monoisotopic (exact) mass is 225 g/mol. The maximum absolute atomic E-state index is 5.93. The van der Waals surface area contributed by atoms with Crippen molar-refractivity contribution in [1.29, 1.82) is 0 Å². The first-order valence-corrected chi connectivity index (χ1v) is 5.12. The SMILES string of the molecule is C=C(C)CN(C)c1cc(CN)c(Cl)cn1. The lowest BCUT2D eigenvalue weighted by Gasteiger charge is -2.18. The summed E-state index contributed by atoms with van der Waals surface area (Å²) in [6.07, 6.45) is 1.63. The van der Waals surface area contributed by atoms with Crippen molar-refractivity contribution in [3.05, 3.63) is 35.0 Å². The predicted molar refractivity (Wildman–Crippen MR) is 65.2 cm³/mol. The number of likely N-dealkylation sites (N-methyl/N-ethyl adjacent to an activating group) is 1. The smallest absolute Gasteiger partial charge is 0.128 e. The third kappa shape index (κ3) is 3.22. The number of nitrogens with two attached hydrogens (primary N) is 1. The van der Waals surface area contributed by atoms with Crippen molar-refractivity contribution in [3.63, 3.8) is 0 Å². The van der Waals surface area contributed by atoms with Gasteiger partial charge in [-0.3, -0.25) is 0 Å². The Morgan fingerprint density at radius 2 is 2.33 bits per heavy atom. The molecule has 0 aliphatic rings. The van der Waals surface area contributed by atoms with Gasteiger partial charge in [0.25, 0.3) is 0 Å². The molecular formula is C11H16ClN3. The summed E-state index contributed by atoms with van der Waals surface area (Å²) in [5, 5.41) is 0.616. The van der Waals surface area contributed by atoms with E-state index in [1.807, 2.05) is 24.9 Å². The minimum atomic E-state index is 0.426. The second-order valence-corrected chi connectivity index (χ2v) is 4.06. The summed E-state index contributed by atoms with van der Waals surface area (Å²) in [5.74, 6) is 0.864. The van der Waals surface area contributed by atoms with Gasteiger partial charge in [0.15, 0.2) is 0 Å². The van der Waals surface area contributed by atoms with Crippen molar-refractivity contribution < 1.29 is 0 Å². The number of nitrogens with zero attached hydrogens (tertiary/aromatic N) is 2. The lowest BCUT2D eigenvalue weighted by Crippen LogP contribution is -2.20. The lowest BCUT2D eigenvalue weighted by molar-refractivity contribution is 0.944. The van der Waals surface area contributed by atoms with E-state index in [1.165, 1.54) is 0 Å². The molecule has 0 aliphatic carbocycles. The molecule has 2 N–H and O–H groups in total. The molecule has 0 aromatic carbocycles. The van der Waals surface area contributed by atoms with E-state index in [2.05, 4.69) is 11.6 Å². The maximum atomic E-state index is 5.93. The van der Waals surface area contributed by atoms with Gasteiger partial charge in [-0.15, -0.1) is 0 Å². The van der Waals surface area contributed by atoms with Gasteiger partial charge < -0.3 is 10.6 Å². The van der Waals surface area contributed by atoms with Crippen LogP contribution in [-0.2, 0) is 6.54 Å². The van der Waals surface area contributed by atoms with Crippen LogP contribution < -0.4 is 10.6 Å². The summed E-state index contributed by atoms with van der Waals surface area (Å²) in [6, 6.07) is 1.91. The fraction of sp³-hybridized carbons (Fsp3) is 0.364. The Morgan fingerprint density at radius 1 is 1.67 bits per heavy atom. The summed E-state index contributed by atoms with van der Waals surface area (Å²) in [7, 11) is 1.96. The van der Waals surface area contributed by atoms with Crippen LogP contribution in [-0.4, -0.2) is 18.6 Å². The van der Waals surface area contributed by atoms with Crippen molar-refractivity contribution in [2.45, 2.75) is 13.5 Å². The molecule has 0 atom stereocenters. The molecule has 0 aliphatic heterocycles. The van der Waals surface area contributed by atoms with Crippen molar-refractivity contribution in [1.82, 2.24) is 4.98 Å². The van der Waals surface area contributed by atoms with Crippen molar-refractivity contribution in [2.24, 2.45) is 5.73 Å². The minimum absolute atomic E-state index is 0.426. The Hall–Kier alpha value is -1.06. The molecule has 0 radical (unpaired) electrons. The zero-order valence-electron chi connectivity index (χ0n) is 9.13. The van der Waals surface area contributed by atoms with Crippen LogP contribution >= 0.6 is 11.6 Å². The van der Waals surface area contributed by atoms with Crippen LogP contribution in [0, 0.1) is 0 Å². The van der Waals surface area contributed by atoms with E-state index in [1.54, 1.807) is 6.20 Å². The standard InChI is InChI=1S/C11H16ClN3/c1-8(2)7-15(3)11-4-9(5-13)10(12)6-14-11/h4,6H,1,5,7,13H2,2-3H3. The number of anilines is 1. The molecule has 1 aromatic heterocycles. The molecular weight excluding hydrogens is 210 g/mol. The van der Waals surface area contributed by atoms with Gasteiger partial charge in [-0.2, -0.15) is 0 Å². The molecule has 1 rings (SSSR count). The second-order valence-electron chi connectivity index (χ2n) is 3.65. The number of hydrogen-bond donors (Lipinski definition) is 1. The van der Waals surface area contributed by atoms with Gasteiger partial charge in [-0.05, 0) is 18.6 Å². The van der Waals surface area contributed by atoms with Crippen molar-refractivity contribution in [3.8, 4) is 0 Å². The number of hydrogen-bond acceptors (Lipinski definition) is 3. The quantitative estimate of drug-likeness (QED) is 0.799. The molecule has 0 unspecified atom stereocenters. The molecule has 82 valence electrons. The fourth-order valence-corrected chi connectivity index (χ4v) is 1.50. The van der Waals surface area contributed by atoms with Crippen LogP contribution in [0.5, 0.6) is 0 Å². The van der Waals surface area contributed by atoms with Crippen molar-refractivity contribution in [2.75, 3.05) is 18.5 Å². The molecule has 4 heteroatoms. The van der Waals surface area contributed by atoms with E-state index in [9.17, 15) is 0 Å². The number of rotatable bonds is 4. The third-order valence-corrected chi connectivity index (χ3v) is 2.38. The average molecular weight is 226 g/mol. The second kappa shape index (κ2) is 5.14. The highest BCUT2D eigenvalue weighted by Crippen LogP contribution is 2.19. The lowest BCUT2D eigenvalue weighted by atomic mass is 10.2. The first-order valence-electron chi connectivity index (χ1n) is 4.74. The summed E-state index contributed by atoms with van der Waals surface area (Å²) in [4.78, 5) is 6.25. The highest BCUT2D eigenvalue weighted by atomic mass is 35.5. The molecule has 1 aromatic rings. The normalized spacial score (nSPS) is 10.1. The van der Waals surface area contributed by atoms with Crippen molar-refractivity contribution >= 4 is 17.4 Å². The largest absolute Gasteiger partial charge is 0.356 e. The van der Waals surface area contributed by atoms with E-state index in [0.29, 0.717) is 11.6 Å². The van der Waals surface area contributed by atoms with Gasteiger partial charge >= 0.3 is 0 Å². The zero-order chi connectivity index (χ0) is 11.4. The van der Waals surface area contributed by atoms with Gasteiger partial charge in [0.1, 0.15) is 5.82 Å². The van der Waals surface area contributed by atoms with E-state index < -0.39 is 0 Å². The summed E-state index contributed by atoms with van der Waals surface area (Å²) < 4.78 is 0. The van der Waals surface area contributed by atoms with Gasteiger partial charge in [0.05, 0.1) is 5.02 Å². The first kappa shape index (κ1) is 12.0. The summed E-state index contributed by atoms with van der Waals surface area (Å²) in [5.41, 5.74) is 7.57. The number of pyridine rings is 1. The highest BCUT2D eigenvalue weighted by Gasteiger charge is 2.05. The summed E-state index contributed by atoms with van der Waals surface area (Å²) in [6.45, 7) is 7.05. The molecule has 0 saturated heterocycles. The third-order valence-electron chi connectivity index (χ3n) is 2.04. The van der Waals surface area contributed by atoms with Crippen LogP contribution in [0.2, 0.25) is 5.02 Å². The molecule has 15 heavy (non-hydrogen) atoms. The molecule has 0 saturated carbocycles. The Bertz CT molecular complexity index is 363. The Kier molecular flexibility index (Phi) is 4.12. The van der Waals surface area contributed by atoms with E-state index in [4.69, 9.17) is 17.3 Å². The Morgan fingerprint density at radius 3 is 2.87 bits per heavy atom. The first-order chi connectivity index (χ1) is 7.04. The van der Waals surface area contributed by atoms with E-state index in [-0.39, 0.29) is 0 Å². The Labute approximate surface area is 95.6 Å². The molecule has 0 bridgehead atoms. The predicted octanol–water partition coefficient (Wildman–Crippen LogP) is 2.21. The topological polar surface area (TPSA) is 42.1 Å². The Balaban J connectivity index is 2.90.